The number of nitrogen functional groups attached to an aromatic ring is 1. The number of pyridine rings is 1. The Labute approximate surface area is 112 Å². The van der Waals surface area contributed by atoms with Crippen LogP contribution in [0, 0.1) is 5.41 Å². The maximum Gasteiger partial charge on any atom is 0.139 e. The monoisotopic (exact) mass is 264 g/mol. The Morgan fingerprint density at radius 1 is 1.68 bits per heavy atom. The van der Waals surface area contributed by atoms with Gasteiger partial charge in [-0.3, -0.25) is 5.41 Å². The molecule has 2 rings (SSSR count). The molecule has 0 amide bonds. The fourth-order valence-corrected chi connectivity index (χ4v) is 2.41. The van der Waals surface area contributed by atoms with Crippen molar-refractivity contribution in [1.29, 1.82) is 5.41 Å². The summed E-state index contributed by atoms with van der Waals surface area (Å²) < 4.78 is 5.77. The van der Waals surface area contributed by atoms with Gasteiger partial charge in [-0.05, 0) is 26.0 Å². The Bertz CT molecular complexity index is 475. The fraction of sp³-hybridized carbons (Fsp3) is 0.538. The molecule has 1 aliphatic rings. The summed E-state index contributed by atoms with van der Waals surface area (Å²) in [4.78, 5) is 6.34. The lowest BCUT2D eigenvalue weighted by atomic mass is 10.0. The van der Waals surface area contributed by atoms with Crippen LogP contribution in [0.5, 0.6) is 0 Å². The van der Waals surface area contributed by atoms with Crippen LogP contribution in [0.25, 0.3) is 0 Å². The van der Waals surface area contributed by atoms with E-state index in [0.717, 1.165) is 0 Å². The van der Waals surface area contributed by atoms with Crippen molar-refractivity contribution >= 4 is 11.7 Å². The third-order valence-electron chi connectivity index (χ3n) is 3.06. The molecule has 0 saturated carbocycles. The minimum atomic E-state index is -0.378. The van der Waals surface area contributed by atoms with Crippen molar-refractivity contribution in [3.8, 4) is 0 Å². The molecule has 0 bridgehead atoms. The predicted molar refractivity (Wildman–Crippen MR) is 73.5 cm³/mol. The van der Waals surface area contributed by atoms with Crippen LogP contribution in [0.15, 0.2) is 18.3 Å². The average molecular weight is 264 g/mol. The Morgan fingerprint density at radius 3 is 3.05 bits per heavy atom. The highest BCUT2D eigenvalue weighted by Crippen LogP contribution is 2.26. The molecule has 0 aliphatic carbocycles. The summed E-state index contributed by atoms with van der Waals surface area (Å²) in [5.41, 5.74) is 5.82. The summed E-state index contributed by atoms with van der Waals surface area (Å²) in [6, 6.07) is 3.54. The summed E-state index contributed by atoms with van der Waals surface area (Å²) in [7, 11) is 0. The van der Waals surface area contributed by atoms with Gasteiger partial charge in [0.05, 0.1) is 23.9 Å². The third-order valence-corrected chi connectivity index (χ3v) is 3.06. The third kappa shape index (κ3) is 3.02. The zero-order valence-electron chi connectivity index (χ0n) is 11.3. The lowest BCUT2D eigenvalue weighted by Gasteiger charge is -2.43. The molecule has 1 atom stereocenters. The fourth-order valence-electron chi connectivity index (χ4n) is 2.41. The first-order valence-electron chi connectivity index (χ1n) is 6.26. The largest absolute Gasteiger partial charge is 0.394 e. The molecule has 0 aromatic carbocycles. The van der Waals surface area contributed by atoms with Crippen LogP contribution in [0.1, 0.15) is 19.4 Å². The van der Waals surface area contributed by atoms with Gasteiger partial charge in [0.15, 0.2) is 0 Å². The highest BCUT2D eigenvalue weighted by molar-refractivity contribution is 5.99. The molecule has 0 spiro atoms. The van der Waals surface area contributed by atoms with E-state index in [-0.39, 0.29) is 24.1 Å². The van der Waals surface area contributed by atoms with Gasteiger partial charge in [-0.1, -0.05) is 0 Å². The van der Waals surface area contributed by atoms with Crippen LogP contribution < -0.4 is 10.6 Å². The zero-order chi connectivity index (χ0) is 14.0. The normalized spacial score (nSPS) is 22.3. The van der Waals surface area contributed by atoms with Gasteiger partial charge < -0.3 is 20.5 Å². The van der Waals surface area contributed by atoms with Crippen LogP contribution >= 0.6 is 0 Å². The molecule has 1 aromatic rings. The number of rotatable bonds is 3. The first-order chi connectivity index (χ1) is 8.93. The van der Waals surface area contributed by atoms with E-state index < -0.39 is 0 Å². The van der Waals surface area contributed by atoms with E-state index in [4.69, 9.17) is 15.9 Å². The topological polar surface area (TPSA) is 95.5 Å². The van der Waals surface area contributed by atoms with Crippen LogP contribution in [0.2, 0.25) is 0 Å². The number of anilines is 1. The molecular weight excluding hydrogens is 244 g/mol. The molecule has 19 heavy (non-hydrogen) atoms. The number of nitrogens with one attached hydrogen (secondary N) is 1. The second-order valence-electron chi connectivity index (χ2n) is 5.35. The quantitative estimate of drug-likeness (QED) is 0.540. The van der Waals surface area contributed by atoms with E-state index in [1.807, 2.05) is 18.7 Å². The highest BCUT2D eigenvalue weighted by Gasteiger charge is 2.34. The molecular formula is C13H20N4O2. The minimum absolute atomic E-state index is 0.00653. The van der Waals surface area contributed by atoms with E-state index >= 15 is 0 Å². The second-order valence-corrected chi connectivity index (χ2v) is 5.35. The molecule has 6 heteroatoms. The van der Waals surface area contributed by atoms with Crippen molar-refractivity contribution in [2.75, 3.05) is 24.6 Å². The number of nitrogens with zero attached hydrogens (tertiary/aromatic N) is 2. The molecule has 1 aliphatic heterocycles. The van der Waals surface area contributed by atoms with Gasteiger partial charge in [0.2, 0.25) is 0 Å². The molecule has 104 valence electrons. The van der Waals surface area contributed by atoms with Gasteiger partial charge in [0.25, 0.3) is 0 Å². The van der Waals surface area contributed by atoms with Crippen molar-refractivity contribution in [3.05, 3.63) is 23.9 Å². The summed E-state index contributed by atoms with van der Waals surface area (Å²) in [6.07, 6.45) is 1.42. The van der Waals surface area contributed by atoms with Crippen LogP contribution in [-0.2, 0) is 4.74 Å². The van der Waals surface area contributed by atoms with Crippen LogP contribution in [0.4, 0.5) is 5.82 Å². The molecule has 0 radical (unpaired) electrons. The Morgan fingerprint density at radius 2 is 2.42 bits per heavy atom. The molecule has 6 nitrogen and oxygen atoms in total. The Kier molecular flexibility index (Phi) is 3.73. The molecule has 1 aromatic heterocycles. The lowest BCUT2D eigenvalue weighted by Crippen LogP contribution is -2.54. The summed E-state index contributed by atoms with van der Waals surface area (Å²) in [5, 5.41) is 16.9. The molecule has 2 heterocycles. The van der Waals surface area contributed by atoms with E-state index in [1.54, 1.807) is 18.3 Å². The van der Waals surface area contributed by atoms with Gasteiger partial charge >= 0.3 is 0 Å². The molecule has 1 fully saturated rings. The summed E-state index contributed by atoms with van der Waals surface area (Å²) in [5.74, 6) is 0.665. The van der Waals surface area contributed by atoms with Gasteiger partial charge in [0.1, 0.15) is 11.7 Å². The number of aliphatic hydroxyl groups is 1. The lowest BCUT2D eigenvalue weighted by molar-refractivity contribution is -0.101. The maximum atomic E-state index is 9.33. The van der Waals surface area contributed by atoms with Crippen molar-refractivity contribution in [3.63, 3.8) is 0 Å². The van der Waals surface area contributed by atoms with Gasteiger partial charge in [-0.25, -0.2) is 4.98 Å². The number of hydrogen-bond acceptors (Lipinski definition) is 5. The highest BCUT2D eigenvalue weighted by atomic mass is 16.5. The van der Waals surface area contributed by atoms with Crippen molar-refractivity contribution in [2.45, 2.75) is 25.6 Å². The Hall–Kier alpha value is -1.66. The number of hydrogen-bond donors (Lipinski definition) is 3. The number of amidine groups is 1. The first-order valence-corrected chi connectivity index (χ1v) is 6.26. The first kappa shape index (κ1) is 13.8. The maximum absolute atomic E-state index is 9.33. The summed E-state index contributed by atoms with van der Waals surface area (Å²) in [6.45, 7) is 5.08. The number of ether oxygens (including phenoxy) is 1. The minimum Gasteiger partial charge on any atom is -0.394 e. The van der Waals surface area contributed by atoms with Gasteiger partial charge in [-0.2, -0.15) is 0 Å². The molecule has 1 saturated heterocycles. The summed E-state index contributed by atoms with van der Waals surface area (Å²) >= 11 is 0. The second kappa shape index (κ2) is 5.14. The van der Waals surface area contributed by atoms with E-state index in [1.165, 1.54) is 0 Å². The van der Waals surface area contributed by atoms with E-state index in [0.29, 0.717) is 24.5 Å². The van der Waals surface area contributed by atoms with Crippen molar-refractivity contribution in [1.82, 2.24) is 4.98 Å². The number of aliphatic hydroxyl groups excluding tert-OH is 1. The van der Waals surface area contributed by atoms with Gasteiger partial charge in [-0.15, -0.1) is 0 Å². The van der Waals surface area contributed by atoms with E-state index in [9.17, 15) is 5.11 Å². The number of aromatic nitrogens is 1. The van der Waals surface area contributed by atoms with Gasteiger partial charge in [0, 0.05) is 19.3 Å². The molecule has 1 unspecified atom stereocenters. The van der Waals surface area contributed by atoms with Crippen LogP contribution in [-0.4, -0.2) is 47.3 Å². The zero-order valence-corrected chi connectivity index (χ0v) is 11.3. The van der Waals surface area contributed by atoms with Crippen molar-refractivity contribution < 1.29 is 9.84 Å². The number of morpholine rings is 1. The Balaban J connectivity index is 2.33. The smallest absolute Gasteiger partial charge is 0.139 e. The number of nitrogens with two attached hydrogens (primary N) is 1. The van der Waals surface area contributed by atoms with Crippen LogP contribution in [0.3, 0.4) is 0 Å². The standard InChI is InChI=1S/C13H20N4O2/c1-13(2)8-17(6-9(7-18)19-13)12-10(11(14)15)4-3-5-16-12/h3-5,9,18H,6-8H2,1-2H3,(H3,14,15). The van der Waals surface area contributed by atoms with E-state index in [2.05, 4.69) is 4.98 Å². The SMILES string of the molecule is CC1(C)CN(c2ncccc2C(=N)N)CC(CO)O1. The van der Waals surface area contributed by atoms with Crippen molar-refractivity contribution in [2.24, 2.45) is 5.73 Å². The molecule has 4 N–H and O–H groups in total. The predicted octanol–water partition coefficient (Wildman–Crippen LogP) is 0.342. The average Bonchev–Trinajstić information content (AvgIpc) is 2.36.